The van der Waals surface area contributed by atoms with Crippen molar-refractivity contribution in [2.75, 3.05) is 11.8 Å². The van der Waals surface area contributed by atoms with Crippen molar-refractivity contribution in [3.8, 4) is 0 Å². The van der Waals surface area contributed by atoms with Crippen LogP contribution in [-0.2, 0) is 25.1 Å². The van der Waals surface area contributed by atoms with Crippen molar-refractivity contribution in [1.29, 1.82) is 0 Å². The molecule has 0 saturated carbocycles. The first kappa shape index (κ1) is 20.3. The van der Waals surface area contributed by atoms with Crippen LogP contribution in [0.2, 0.25) is 0 Å². The highest BCUT2D eigenvalue weighted by Gasteiger charge is 2.43. The smallest absolute Gasteiger partial charge is 0.337 e. The predicted octanol–water partition coefficient (Wildman–Crippen LogP) is 1.47. The number of imide groups is 1. The SMILES string of the molecule is COC(=O)c1ccc(F)c(S(=O)(=O)Nc2cccc(C3(C)NC(=O)NC3=O)c2)c1. The average molecular weight is 421 g/mol. The lowest BCUT2D eigenvalue weighted by atomic mass is 9.92. The highest BCUT2D eigenvalue weighted by Crippen LogP contribution is 2.28. The maximum Gasteiger partial charge on any atom is 0.337 e. The second-order valence-electron chi connectivity index (χ2n) is 6.36. The van der Waals surface area contributed by atoms with Gasteiger partial charge in [0.05, 0.1) is 12.7 Å². The number of esters is 1. The molecule has 1 saturated heterocycles. The minimum Gasteiger partial charge on any atom is -0.465 e. The third-order valence-electron chi connectivity index (χ3n) is 4.38. The molecule has 3 amide bonds. The van der Waals surface area contributed by atoms with Gasteiger partial charge in [-0.3, -0.25) is 14.8 Å². The third kappa shape index (κ3) is 3.76. The van der Waals surface area contributed by atoms with Gasteiger partial charge in [0.2, 0.25) is 0 Å². The molecule has 2 aromatic rings. The molecule has 0 radical (unpaired) electrons. The average Bonchev–Trinajstić information content (AvgIpc) is 2.94. The summed E-state index contributed by atoms with van der Waals surface area (Å²) < 4.78 is 46.2. The van der Waals surface area contributed by atoms with Crippen molar-refractivity contribution >= 4 is 33.6 Å². The molecule has 1 fully saturated rings. The molecular formula is C18H16FN3O6S. The van der Waals surface area contributed by atoms with Crippen LogP contribution in [0.3, 0.4) is 0 Å². The molecule has 1 aliphatic rings. The number of methoxy groups -OCH3 is 1. The highest BCUT2D eigenvalue weighted by atomic mass is 32.2. The van der Waals surface area contributed by atoms with E-state index in [0.717, 1.165) is 25.3 Å². The maximum atomic E-state index is 14.1. The van der Waals surface area contributed by atoms with E-state index in [0.29, 0.717) is 5.56 Å². The van der Waals surface area contributed by atoms with E-state index in [-0.39, 0.29) is 11.3 Å². The van der Waals surface area contributed by atoms with Gasteiger partial charge in [0, 0.05) is 5.69 Å². The quantitative estimate of drug-likeness (QED) is 0.495. The molecule has 2 aromatic carbocycles. The van der Waals surface area contributed by atoms with Crippen LogP contribution in [0.4, 0.5) is 14.9 Å². The molecule has 0 bridgehead atoms. The molecule has 1 aliphatic heterocycles. The number of nitrogens with one attached hydrogen (secondary N) is 3. The summed E-state index contributed by atoms with van der Waals surface area (Å²) in [5, 5.41) is 4.57. The van der Waals surface area contributed by atoms with Gasteiger partial charge in [0.1, 0.15) is 16.3 Å². The van der Waals surface area contributed by atoms with Gasteiger partial charge >= 0.3 is 12.0 Å². The van der Waals surface area contributed by atoms with E-state index >= 15 is 0 Å². The van der Waals surface area contributed by atoms with Crippen molar-refractivity contribution in [3.05, 3.63) is 59.4 Å². The van der Waals surface area contributed by atoms with E-state index in [9.17, 15) is 27.2 Å². The van der Waals surface area contributed by atoms with Gasteiger partial charge in [0.25, 0.3) is 15.9 Å². The summed E-state index contributed by atoms with van der Waals surface area (Å²) in [6.45, 7) is 1.46. The predicted molar refractivity (Wildman–Crippen MR) is 99.0 cm³/mol. The van der Waals surface area contributed by atoms with Gasteiger partial charge < -0.3 is 10.1 Å². The Labute approximate surface area is 165 Å². The fourth-order valence-electron chi connectivity index (χ4n) is 2.80. The van der Waals surface area contributed by atoms with E-state index in [1.165, 1.54) is 31.2 Å². The van der Waals surface area contributed by atoms with Gasteiger partial charge in [-0.15, -0.1) is 0 Å². The Morgan fingerprint density at radius 3 is 2.52 bits per heavy atom. The van der Waals surface area contributed by atoms with Crippen LogP contribution in [0.5, 0.6) is 0 Å². The molecule has 11 heteroatoms. The van der Waals surface area contributed by atoms with Gasteiger partial charge in [0.15, 0.2) is 0 Å². The molecule has 3 N–H and O–H groups in total. The maximum absolute atomic E-state index is 14.1. The summed E-state index contributed by atoms with van der Waals surface area (Å²) in [6, 6.07) is 7.86. The molecule has 3 rings (SSSR count). The molecule has 1 atom stereocenters. The molecule has 0 aliphatic carbocycles. The number of hydrogen-bond acceptors (Lipinski definition) is 6. The Balaban J connectivity index is 1.95. The second-order valence-corrected chi connectivity index (χ2v) is 8.01. The second kappa shape index (κ2) is 7.17. The molecule has 1 heterocycles. The lowest BCUT2D eigenvalue weighted by Crippen LogP contribution is -2.40. The monoisotopic (exact) mass is 421 g/mol. The number of benzene rings is 2. The minimum atomic E-state index is -4.41. The lowest BCUT2D eigenvalue weighted by molar-refractivity contribution is -0.123. The standard InChI is InChI=1S/C18H16FN3O6S/c1-18(16(24)20-17(25)21-18)11-4-3-5-12(9-11)22-29(26,27)14-8-10(15(23)28-2)6-7-13(14)19/h3-9,22H,1-2H3,(H2,20,21,24,25). The van der Waals surface area contributed by atoms with Crippen molar-refractivity contribution in [2.45, 2.75) is 17.4 Å². The summed E-state index contributed by atoms with van der Waals surface area (Å²) >= 11 is 0. The van der Waals surface area contributed by atoms with Gasteiger partial charge in [-0.05, 0) is 42.8 Å². The number of urea groups is 1. The van der Waals surface area contributed by atoms with Crippen LogP contribution in [0.1, 0.15) is 22.8 Å². The molecule has 0 aromatic heterocycles. The van der Waals surface area contributed by atoms with Crippen LogP contribution < -0.4 is 15.4 Å². The van der Waals surface area contributed by atoms with Crippen molar-refractivity contribution in [1.82, 2.24) is 10.6 Å². The first-order valence-electron chi connectivity index (χ1n) is 8.21. The van der Waals surface area contributed by atoms with Crippen molar-refractivity contribution in [3.63, 3.8) is 0 Å². The van der Waals surface area contributed by atoms with Crippen LogP contribution in [0.25, 0.3) is 0 Å². The first-order chi connectivity index (χ1) is 13.6. The van der Waals surface area contributed by atoms with Crippen LogP contribution in [-0.4, -0.2) is 33.4 Å². The van der Waals surface area contributed by atoms with Gasteiger partial charge in [-0.1, -0.05) is 12.1 Å². The first-order valence-corrected chi connectivity index (χ1v) is 9.70. The molecule has 0 spiro atoms. The minimum absolute atomic E-state index is 0.0283. The number of anilines is 1. The summed E-state index contributed by atoms with van der Waals surface area (Å²) in [5.74, 6) is -2.48. The number of carbonyl (C=O) groups is 3. The zero-order valence-corrected chi connectivity index (χ0v) is 16.1. The number of carbonyl (C=O) groups excluding carboxylic acids is 3. The Morgan fingerprint density at radius 2 is 1.90 bits per heavy atom. The number of hydrogen-bond donors (Lipinski definition) is 3. The molecule has 152 valence electrons. The normalized spacial score (nSPS) is 18.7. The fraction of sp³-hybridized carbons (Fsp3) is 0.167. The van der Waals surface area contributed by atoms with E-state index < -0.39 is 44.2 Å². The lowest BCUT2D eigenvalue weighted by Gasteiger charge is -2.22. The van der Waals surface area contributed by atoms with E-state index in [2.05, 4.69) is 20.1 Å². The fourth-order valence-corrected chi connectivity index (χ4v) is 3.96. The van der Waals surface area contributed by atoms with Gasteiger partial charge in [-0.25, -0.2) is 22.4 Å². The number of ether oxygens (including phenoxy) is 1. The van der Waals surface area contributed by atoms with Crippen LogP contribution in [0.15, 0.2) is 47.4 Å². The Morgan fingerprint density at radius 1 is 1.17 bits per heavy atom. The highest BCUT2D eigenvalue weighted by molar-refractivity contribution is 7.92. The number of halogens is 1. The number of rotatable bonds is 5. The Bertz CT molecular complexity index is 1130. The molecule has 29 heavy (non-hydrogen) atoms. The summed E-state index contributed by atoms with van der Waals surface area (Å²) in [5.41, 5.74) is -1.19. The third-order valence-corrected chi connectivity index (χ3v) is 5.77. The van der Waals surface area contributed by atoms with Gasteiger partial charge in [-0.2, -0.15) is 0 Å². The molecule has 9 nitrogen and oxygen atoms in total. The van der Waals surface area contributed by atoms with E-state index in [4.69, 9.17) is 0 Å². The van der Waals surface area contributed by atoms with E-state index in [1.807, 2.05) is 0 Å². The van der Waals surface area contributed by atoms with Crippen molar-refractivity contribution < 1.29 is 31.9 Å². The van der Waals surface area contributed by atoms with E-state index in [1.54, 1.807) is 0 Å². The summed E-state index contributed by atoms with van der Waals surface area (Å²) in [4.78, 5) is 34.4. The molecule has 1 unspecified atom stereocenters. The molecular weight excluding hydrogens is 405 g/mol. The van der Waals surface area contributed by atoms with Crippen LogP contribution >= 0.6 is 0 Å². The zero-order chi connectivity index (χ0) is 21.4. The summed E-state index contributed by atoms with van der Waals surface area (Å²) in [7, 11) is -3.30. The number of amides is 3. The Hall–Kier alpha value is -3.47. The zero-order valence-electron chi connectivity index (χ0n) is 15.3. The topological polar surface area (TPSA) is 131 Å². The van der Waals surface area contributed by atoms with Crippen LogP contribution in [0, 0.1) is 5.82 Å². The number of sulfonamides is 1. The largest absolute Gasteiger partial charge is 0.465 e. The summed E-state index contributed by atoms with van der Waals surface area (Å²) in [6.07, 6.45) is 0. The Kier molecular flexibility index (Phi) is 5.01. The van der Waals surface area contributed by atoms with Crippen molar-refractivity contribution in [2.24, 2.45) is 0 Å².